The standard InChI is InChI=1S/C18H23N2O2S.Ru/c1-13(2)14-9-11-16(12-10-14)18(20-23(3,21)22)17(19)15-7-5-4-6-8-15;/h4-13,17-18H,19H2,1-3H3;/q-1;+2/t17-,18-;/m0./s1. The third kappa shape index (κ3) is 4.51. The molecule has 2 atom stereocenters. The van der Waals surface area contributed by atoms with Gasteiger partial charge in [0.05, 0.1) is 0 Å². The Morgan fingerprint density at radius 3 is 1.88 bits per heavy atom. The Morgan fingerprint density at radius 1 is 0.917 bits per heavy atom. The van der Waals surface area contributed by atoms with Gasteiger partial charge in [-0.1, -0.05) is 0 Å². The van der Waals surface area contributed by atoms with E-state index in [0.29, 0.717) is 5.92 Å². The van der Waals surface area contributed by atoms with Gasteiger partial charge < -0.3 is 0 Å². The molecule has 0 radical (unpaired) electrons. The fourth-order valence-corrected chi connectivity index (χ4v) is 3.79. The van der Waals surface area contributed by atoms with Crippen LogP contribution < -0.4 is 5.73 Å². The third-order valence-corrected chi connectivity index (χ3v) is 7.05. The van der Waals surface area contributed by atoms with Crippen LogP contribution in [0, 0.1) is 0 Å². The van der Waals surface area contributed by atoms with Crippen molar-refractivity contribution >= 4 is 10.0 Å². The predicted molar refractivity (Wildman–Crippen MR) is 93.3 cm³/mol. The zero-order chi connectivity index (χ0) is 17.9. The third-order valence-electron chi connectivity index (χ3n) is 3.99. The van der Waals surface area contributed by atoms with E-state index in [1.54, 1.807) is 0 Å². The SMILES string of the molecule is CC(C)c1ccc([C@@H]([C@@H](N)c2ccccc2)[N]([Ru+])S(C)(=O)=O)cc1. The second kappa shape index (κ2) is 7.88. The number of benzene rings is 2. The van der Waals surface area contributed by atoms with E-state index in [9.17, 15) is 8.42 Å². The molecule has 2 rings (SSSR count). The molecule has 0 aromatic heterocycles. The van der Waals surface area contributed by atoms with Gasteiger partial charge in [0.1, 0.15) is 0 Å². The van der Waals surface area contributed by atoms with Crippen LogP contribution in [0.5, 0.6) is 0 Å². The molecule has 0 amide bonds. The number of hydrogen-bond donors (Lipinski definition) is 1. The Kier molecular flexibility index (Phi) is 6.32. The number of hydrogen-bond acceptors (Lipinski definition) is 3. The van der Waals surface area contributed by atoms with Gasteiger partial charge in [-0.25, -0.2) is 0 Å². The number of nitrogens with two attached hydrogens (primary N) is 1. The van der Waals surface area contributed by atoms with Gasteiger partial charge in [-0.3, -0.25) is 0 Å². The van der Waals surface area contributed by atoms with Gasteiger partial charge in [-0.15, -0.1) is 0 Å². The molecule has 0 bridgehead atoms. The van der Waals surface area contributed by atoms with Crippen molar-refractivity contribution in [1.82, 2.24) is 3.05 Å². The van der Waals surface area contributed by atoms with Gasteiger partial charge in [0.25, 0.3) is 0 Å². The quantitative estimate of drug-likeness (QED) is 0.713. The molecule has 130 valence electrons. The molecule has 24 heavy (non-hydrogen) atoms. The molecule has 0 aliphatic carbocycles. The fraction of sp³-hybridized carbons (Fsp3) is 0.333. The van der Waals surface area contributed by atoms with Crippen molar-refractivity contribution in [2.24, 2.45) is 5.73 Å². The Morgan fingerprint density at radius 2 is 1.42 bits per heavy atom. The Labute approximate surface area is 155 Å². The first-order valence-corrected chi connectivity index (χ1v) is 10.4. The first kappa shape index (κ1) is 19.3. The van der Waals surface area contributed by atoms with Crippen LogP contribution in [0.3, 0.4) is 0 Å². The number of nitrogens with zero attached hydrogens (tertiary/aromatic N) is 1. The van der Waals surface area contributed by atoms with Gasteiger partial charge >= 0.3 is 155 Å². The number of sulfonamides is 1. The van der Waals surface area contributed by atoms with Gasteiger partial charge in [0.2, 0.25) is 0 Å². The first-order chi connectivity index (χ1) is 11.2. The molecule has 0 heterocycles. The molecule has 0 fully saturated rings. The normalized spacial score (nSPS) is 14.8. The minimum absolute atomic E-state index is 0.420. The zero-order valence-electron chi connectivity index (χ0n) is 14.0. The van der Waals surface area contributed by atoms with E-state index in [2.05, 4.69) is 32.4 Å². The second-order valence-electron chi connectivity index (χ2n) is 6.20. The molecule has 4 nitrogen and oxygen atoms in total. The summed E-state index contributed by atoms with van der Waals surface area (Å²) in [6.07, 6.45) is 1.19. The van der Waals surface area contributed by atoms with Crippen LogP contribution in [0.2, 0.25) is 0 Å². The summed E-state index contributed by atoms with van der Waals surface area (Å²) in [7, 11) is -3.41. The van der Waals surface area contributed by atoms with Crippen LogP contribution in [-0.4, -0.2) is 17.7 Å². The first-order valence-electron chi connectivity index (χ1n) is 7.76. The molecule has 0 unspecified atom stereocenters. The van der Waals surface area contributed by atoms with Crippen molar-refractivity contribution in [3.05, 3.63) is 71.3 Å². The summed E-state index contributed by atoms with van der Waals surface area (Å²) in [4.78, 5) is 0. The second-order valence-corrected chi connectivity index (χ2v) is 9.40. The molecule has 2 N–H and O–H groups in total. The van der Waals surface area contributed by atoms with Gasteiger partial charge in [-0.2, -0.15) is 0 Å². The maximum absolute atomic E-state index is 12.1. The molecule has 2 aromatic rings. The average molecular weight is 433 g/mol. The summed E-state index contributed by atoms with van der Waals surface area (Å²) in [6, 6.07) is 16.6. The molecule has 2 aromatic carbocycles. The summed E-state index contributed by atoms with van der Waals surface area (Å²) in [5.41, 5.74) is 9.43. The van der Waals surface area contributed by atoms with E-state index in [-0.39, 0.29) is 0 Å². The Bertz CT molecular complexity index is 761. The van der Waals surface area contributed by atoms with Crippen LogP contribution >= 0.6 is 0 Å². The molecule has 0 spiro atoms. The van der Waals surface area contributed by atoms with Crippen LogP contribution in [0.4, 0.5) is 0 Å². The molecule has 0 aliphatic rings. The molecule has 0 saturated carbocycles. The Balaban J connectivity index is 2.47. The van der Waals surface area contributed by atoms with E-state index in [0.717, 1.165) is 11.1 Å². The molecule has 0 saturated heterocycles. The summed E-state index contributed by atoms with van der Waals surface area (Å²) >= 11 is 2.19. The van der Waals surface area contributed by atoms with Crippen LogP contribution in [-0.2, 0) is 28.6 Å². The van der Waals surface area contributed by atoms with Gasteiger partial charge in [-0.05, 0) is 0 Å². The van der Waals surface area contributed by atoms with Crippen molar-refractivity contribution in [2.45, 2.75) is 31.8 Å². The van der Waals surface area contributed by atoms with Crippen molar-refractivity contribution in [1.29, 1.82) is 0 Å². The van der Waals surface area contributed by atoms with Crippen molar-refractivity contribution in [2.75, 3.05) is 6.26 Å². The van der Waals surface area contributed by atoms with E-state index in [1.807, 2.05) is 54.6 Å². The van der Waals surface area contributed by atoms with Crippen molar-refractivity contribution in [3.8, 4) is 0 Å². The molecule has 0 aliphatic heterocycles. The van der Waals surface area contributed by atoms with E-state index in [1.165, 1.54) is 14.9 Å². The maximum atomic E-state index is 12.1. The van der Waals surface area contributed by atoms with Crippen molar-refractivity contribution < 1.29 is 27.0 Å². The van der Waals surface area contributed by atoms with E-state index in [4.69, 9.17) is 5.73 Å². The minimum atomic E-state index is -3.41. The van der Waals surface area contributed by atoms with Crippen LogP contribution in [0.25, 0.3) is 0 Å². The summed E-state index contributed by atoms with van der Waals surface area (Å²) < 4.78 is 25.5. The zero-order valence-corrected chi connectivity index (χ0v) is 16.6. The van der Waals surface area contributed by atoms with Crippen LogP contribution in [0.15, 0.2) is 54.6 Å². The predicted octanol–water partition coefficient (Wildman–Crippen LogP) is 3.27. The molecular formula is C18H23N2O2RuS+. The summed E-state index contributed by atoms with van der Waals surface area (Å²) in [5, 5.41) is 0. The van der Waals surface area contributed by atoms with E-state index >= 15 is 0 Å². The van der Waals surface area contributed by atoms with Crippen molar-refractivity contribution in [3.63, 3.8) is 0 Å². The summed E-state index contributed by atoms with van der Waals surface area (Å²) in [6.45, 7) is 4.25. The van der Waals surface area contributed by atoms with E-state index < -0.39 is 22.1 Å². The molecular weight excluding hydrogens is 409 g/mol. The molecule has 6 heteroatoms. The van der Waals surface area contributed by atoms with Gasteiger partial charge in [0, 0.05) is 0 Å². The summed E-state index contributed by atoms with van der Waals surface area (Å²) in [5.74, 6) is 0.420. The fourth-order valence-electron chi connectivity index (χ4n) is 2.59. The topological polar surface area (TPSA) is 63.4 Å². The van der Waals surface area contributed by atoms with Gasteiger partial charge in [0.15, 0.2) is 0 Å². The Hall–Kier alpha value is -1.07. The monoisotopic (exact) mass is 433 g/mol. The average Bonchev–Trinajstić information content (AvgIpc) is 2.55. The van der Waals surface area contributed by atoms with Crippen LogP contribution in [0.1, 0.15) is 48.5 Å². The number of rotatable bonds is 6.